The Morgan fingerprint density at radius 2 is 1.52 bits per heavy atom. The van der Waals surface area contributed by atoms with E-state index in [0.717, 1.165) is 11.1 Å². The summed E-state index contributed by atoms with van der Waals surface area (Å²) < 4.78 is 23.5. The number of carbonyl (C=O) groups excluding carboxylic acids is 3. The van der Waals surface area contributed by atoms with E-state index in [1.165, 1.54) is 13.8 Å². The average molecular weight is 583 g/mol. The number of nitrogens with zero attached hydrogens (tertiary/aromatic N) is 1. The first-order valence-electron chi connectivity index (χ1n) is 14.9. The Bertz CT molecular complexity index is 1180. The molecule has 2 atom stereocenters. The van der Waals surface area contributed by atoms with E-state index in [4.69, 9.17) is 18.9 Å². The first kappa shape index (κ1) is 33.1. The van der Waals surface area contributed by atoms with Crippen molar-refractivity contribution in [2.75, 3.05) is 33.0 Å². The van der Waals surface area contributed by atoms with Crippen molar-refractivity contribution < 1.29 is 33.3 Å². The first-order valence-corrected chi connectivity index (χ1v) is 14.9. The maximum Gasteiger partial charge on any atom is 0.318 e. The molecule has 9 heteroatoms. The summed E-state index contributed by atoms with van der Waals surface area (Å²) in [5.74, 6) is 0.546. The second-order valence-electron chi connectivity index (χ2n) is 10.7. The SMILES string of the molecule is CCOc1cc([C@@H](C)N(CCO[C@@H](C)c2ccccc2)C(=O)NC2(C(C)=O)CC(OCC)C2)cc(OCC)c1C(C)=O. The molecule has 0 spiro atoms. The number of amides is 2. The Morgan fingerprint density at radius 3 is 2.02 bits per heavy atom. The standard InChI is InChI=1S/C33H46N2O7/c1-8-39-28-20-33(21-28,25(7)37)34-32(38)35(16-17-42-24(6)26-14-12-11-13-15-26)22(4)27-18-29(40-9-2)31(23(5)36)30(19-27)41-10-3/h11-15,18-19,22,24,28H,8-10,16-17,20-21H2,1-7H3,(H,34,38)/t22-,24+,28?,33?/m1/s1. The van der Waals surface area contributed by atoms with Crippen molar-refractivity contribution >= 4 is 17.6 Å². The molecule has 230 valence electrons. The van der Waals surface area contributed by atoms with Gasteiger partial charge < -0.3 is 29.2 Å². The number of nitrogens with one attached hydrogen (secondary N) is 1. The van der Waals surface area contributed by atoms with Gasteiger partial charge in [0.25, 0.3) is 0 Å². The number of hydrogen-bond donors (Lipinski definition) is 1. The van der Waals surface area contributed by atoms with Crippen molar-refractivity contribution in [2.45, 2.75) is 85.1 Å². The third-order valence-corrected chi connectivity index (χ3v) is 7.79. The summed E-state index contributed by atoms with van der Waals surface area (Å²) in [5.41, 5.74) is 1.17. The molecule has 1 fully saturated rings. The molecule has 0 bridgehead atoms. The monoisotopic (exact) mass is 582 g/mol. The molecule has 9 nitrogen and oxygen atoms in total. The second-order valence-corrected chi connectivity index (χ2v) is 10.7. The van der Waals surface area contributed by atoms with E-state index in [9.17, 15) is 14.4 Å². The lowest BCUT2D eigenvalue weighted by Crippen LogP contribution is -2.66. The highest BCUT2D eigenvalue weighted by molar-refractivity contribution is 6.00. The number of urea groups is 1. The Balaban J connectivity index is 1.92. The topological polar surface area (TPSA) is 103 Å². The van der Waals surface area contributed by atoms with E-state index in [-0.39, 0.29) is 43.0 Å². The molecule has 1 N–H and O–H groups in total. The predicted molar refractivity (Wildman–Crippen MR) is 161 cm³/mol. The predicted octanol–water partition coefficient (Wildman–Crippen LogP) is 6.06. The van der Waals surface area contributed by atoms with Gasteiger partial charge in [-0.1, -0.05) is 30.3 Å². The summed E-state index contributed by atoms with van der Waals surface area (Å²) in [6.07, 6.45) is 0.628. The van der Waals surface area contributed by atoms with Crippen molar-refractivity contribution in [3.63, 3.8) is 0 Å². The zero-order chi connectivity index (χ0) is 30.9. The molecule has 0 radical (unpaired) electrons. The van der Waals surface area contributed by atoms with Crippen LogP contribution in [0.3, 0.4) is 0 Å². The Labute approximate surface area is 249 Å². The number of Topliss-reactive ketones (excluding diaryl/α,β-unsaturated/α-hetero) is 2. The fourth-order valence-electron chi connectivity index (χ4n) is 5.36. The van der Waals surface area contributed by atoms with Gasteiger partial charge in [-0.3, -0.25) is 9.59 Å². The largest absolute Gasteiger partial charge is 0.493 e. The van der Waals surface area contributed by atoms with E-state index in [0.29, 0.717) is 49.7 Å². The molecule has 0 aromatic heterocycles. The molecule has 1 aliphatic carbocycles. The van der Waals surface area contributed by atoms with Crippen LogP contribution in [0.2, 0.25) is 0 Å². The van der Waals surface area contributed by atoms with Gasteiger partial charge in [-0.05, 0) is 71.7 Å². The molecule has 2 aromatic rings. The van der Waals surface area contributed by atoms with Gasteiger partial charge in [0.15, 0.2) is 11.6 Å². The minimum Gasteiger partial charge on any atom is -0.493 e. The number of ketones is 2. The van der Waals surface area contributed by atoms with Gasteiger partial charge in [0.05, 0.1) is 38.1 Å². The molecule has 0 unspecified atom stereocenters. The normalized spacial score (nSPS) is 19.3. The van der Waals surface area contributed by atoms with Crippen LogP contribution in [0.15, 0.2) is 42.5 Å². The summed E-state index contributed by atoms with van der Waals surface area (Å²) >= 11 is 0. The van der Waals surface area contributed by atoms with E-state index in [1.54, 1.807) is 17.0 Å². The summed E-state index contributed by atoms with van der Waals surface area (Å²) in [5, 5.41) is 3.03. The van der Waals surface area contributed by atoms with Crippen molar-refractivity contribution in [1.82, 2.24) is 10.2 Å². The number of ether oxygens (including phenoxy) is 4. The van der Waals surface area contributed by atoms with E-state index < -0.39 is 11.6 Å². The van der Waals surface area contributed by atoms with Gasteiger partial charge >= 0.3 is 6.03 Å². The third-order valence-electron chi connectivity index (χ3n) is 7.79. The van der Waals surface area contributed by atoms with Crippen molar-refractivity contribution in [3.05, 3.63) is 59.2 Å². The maximum atomic E-state index is 13.9. The molecular weight excluding hydrogens is 536 g/mol. The molecule has 0 saturated heterocycles. The number of rotatable bonds is 16. The lowest BCUT2D eigenvalue weighted by atomic mass is 9.71. The van der Waals surface area contributed by atoms with Gasteiger partial charge in [0.1, 0.15) is 22.6 Å². The Hall–Kier alpha value is -3.43. The van der Waals surface area contributed by atoms with Crippen LogP contribution in [0.1, 0.15) is 94.9 Å². The number of carbonyl (C=O) groups is 3. The zero-order valence-corrected chi connectivity index (χ0v) is 26.0. The van der Waals surface area contributed by atoms with Crippen LogP contribution in [-0.2, 0) is 14.3 Å². The van der Waals surface area contributed by atoms with Gasteiger partial charge in [-0.25, -0.2) is 4.79 Å². The highest BCUT2D eigenvalue weighted by Gasteiger charge is 2.50. The van der Waals surface area contributed by atoms with Crippen LogP contribution >= 0.6 is 0 Å². The minimum atomic E-state index is -0.974. The van der Waals surface area contributed by atoms with E-state index in [2.05, 4.69) is 5.32 Å². The fourth-order valence-corrected chi connectivity index (χ4v) is 5.36. The number of hydrogen-bond acceptors (Lipinski definition) is 7. The molecule has 1 aliphatic rings. The van der Waals surface area contributed by atoms with Crippen LogP contribution in [0.4, 0.5) is 4.79 Å². The molecule has 3 rings (SSSR count). The molecule has 42 heavy (non-hydrogen) atoms. The van der Waals surface area contributed by atoms with E-state index in [1.807, 2.05) is 65.0 Å². The van der Waals surface area contributed by atoms with Gasteiger partial charge in [0.2, 0.25) is 0 Å². The van der Waals surface area contributed by atoms with Crippen molar-refractivity contribution in [3.8, 4) is 11.5 Å². The zero-order valence-electron chi connectivity index (χ0n) is 26.0. The van der Waals surface area contributed by atoms with Crippen molar-refractivity contribution in [2.24, 2.45) is 0 Å². The van der Waals surface area contributed by atoms with Crippen LogP contribution in [0.5, 0.6) is 11.5 Å². The molecule has 0 heterocycles. The summed E-state index contributed by atoms with van der Waals surface area (Å²) in [6.45, 7) is 14.3. The summed E-state index contributed by atoms with van der Waals surface area (Å²) in [4.78, 5) is 40.8. The maximum absolute atomic E-state index is 13.9. The lowest BCUT2D eigenvalue weighted by molar-refractivity contribution is -0.134. The van der Waals surface area contributed by atoms with Crippen LogP contribution in [-0.4, -0.2) is 67.1 Å². The Morgan fingerprint density at radius 1 is 0.929 bits per heavy atom. The minimum absolute atomic E-state index is 0.0678. The summed E-state index contributed by atoms with van der Waals surface area (Å²) in [6, 6.07) is 12.6. The van der Waals surface area contributed by atoms with Crippen LogP contribution in [0.25, 0.3) is 0 Å². The quantitative estimate of drug-likeness (QED) is 0.240. The van der Waals surface area contributed by atoms with Gasteiger partial charge in [-0.15, -0.1) is 0 Å². The smallest absolute Gasteiger partial charge is 0.318 e. The van der Waals surface area contributed by atoms with Crippen LogP contribution < -0.4 is 14.8 Å². The fraction of sp³-hybridized carbons (Fsp3) is 0.545. The van der Waals surface area contributed by atoms with Crippen LogP contribution in [0, 0.1) is 0 Å². The molecule has 1 saturated carbocycles. The Kier molecular flexibility index (Phi) is 11.9. The molecule has 0 aliphatic heterocycles. The molecule has 2 amide bonds. The average Bonchev–Trinajstić information content (AvgIpc) is 2.93. The third kappa shape index (κ3) is 7.89. The number of benzene rings is 2. The van der Waals surface area contributed by atoms with Crippen molar-refractivity contribution in [1.29, 1.82) is 0 Å². The first-order chi connectivity index (χ1) is 20.1. The van der Waals surface area contributed by atoms with Gasteiger partial charge in [-0.2, -0.15) is 0 Å². The van der Waals surface area contributed by atoms with E-state index >= 15 is 0 Å². The second kappa shape index (κ2) is 15.2. The molecule has 2 aromatic carbocycles. The lowest BCUT2D eigenvalue weighted by Gasteiger charge is -2.47. The molecular formula is C33H46N2O7. The highest BCUT2D eigenvalue weighted by atomic mass is 16.5. The van der Waals surface area contributed by atoms with Gasteiger partial charge in [0, 0.05) is 26.0 Å². The highest BCUT2D eigenvalue weighted by Crippen LogP contribution is 2.38. The summed E-state index contributed by atoms with van der Waals surface area (Å²) in [7, 11) is 0.